The minimum atomic E-state index is -0.410. The molecule has 9 heteroatoms. The molecule has 8 nitrogen and oxygen atoms in total. The normalized spacial score (nSPS) is 15.1. The lowest BCUT2D eigenvalue weighted by atomic mass is 10.1. The molecule has 0 saturated carbocycles. The number of benzene rings is 1. The largest absolute Gasteiger partial charge is 0.497 e. The maximum Gasteiger partial charge on any atom is 0.324 e. The minimum Gasteiger partial charge on any atom is -0.497 e. The molecule has 29 heavy (non-hydrogen) atoms. The number of halogens is 1. The van der Waals surface area contributed by atoms with E-state index in [0.29, 0.717) is 23.2 Å². The highest BCUT2D eigenvalue weighted by atomic mass is 19.1. The number of aromatic nitrogens is 4. The minimum absolute atomic E-state index is 0.0529. The molecule has 0 aliphatic carbocycles. The lowest BCUT2D eigenvalue weighted by Gasteiger charge is -2.30. The Labute approximate surface area is 168 Å². The Morgan fingerprint density at radius 1 is 1.21 bits per heavy atom. The van der Waals surface area contributed by atoms with E-state index in [2.05, 4.69) is 20.1 Å². The first-order valence-electron chi connectivity index (χ1n) is 9.67. The summed E-state index contributed by atoms with van der Waals surface area (Å²) in [5.41, 5.74) is 0.341. The van der Waals surface area contributed by atoms with Crippen LogP contribution in [0, 0.1) is 5.82 Å². The highest BCUT2D eigenvalue weighted by Gasteiger charge is 2.25. The summed E-state index contributed by atoms with van der Waals surface area (Å²) >= 11 is 0. The second-order valence-electron chi connectivity index (χ2n) is 7.33. The van der Waals surface area contributed by atoms with Gasteiger partial charge >= 0.3 is 6.01 Å². The molecule has 3 heterocycles. The number of piperidine rings is 1. The predicted molar refractivity (Wildman–Crippen MR) is 104 cm³/mol. The average molecular weight is 401 g/mol. The van der Waals surface area contributed by atoms with E-state index in [1.54, 1.807) is 24.5 Å². The number of anilines is 1. The van der Waals surface area contributed by atoms with E-state index >= 15 is 0 Å². The molecule has 4 rings (SSSR count). The molecule has 1 aliphatic heterocycles. The number of rotatable bonds is 6. The monoisotopic (exact) mass is 401 g/mol. The molecule has 0 bridgehead atoms. The van der Waals surface area contributed by atoms with E-state index in [1.807, 2.05) is 13.8 Å². The number of hydrogen-bond acceptors (Lipinski definition) is 7. The topological polar surface area (TPSA) is 78.4 Å². The third-order valence-corrected chi connectivity index (χ3v) is 4.92. The molecule has 0 atom stereocenters. The van der Waals surface area contributed by atoms with Crippen LogP contribution in [0.5, 0.6) is 11.5 Å². The van der Waals surface area contributed by atoms with Gasteiger partial charge < -0.3 is 18.9 Å². The summed E-state index contributed by atoms with van der Waals surface area (Å²) in [6.07, 6.45) is 4.98. The fourth-order valence-corrected chi connectivity index (χ4v) is 3.25. The average Bonchev–Trinajstić information content (AvgIpc) is 3.38. The Bertz CT molecular complexity index is 963. The van der Waals surface area contributed by atoms with Gasteiger partial charge in [0.15, 0.2) is 17.4 Å². The van der Waals surface area contributed by atoms with Gasteiger partial charge in [0.05, 0.1) is 19.5 Å². The first-order valence-corrected chi connectivity index (χ1v) is 9.67. The van der Waals surface area contributed by atoms with Crippen molar-refractivity contribution in [3.05, 3.63) is 42.2 Å². The van der Waals surface area contributed by atoms with Crippen molar-refractivity contribution in [2.75, 3.05) is 25.1 Å². The molecule has 0 radical (unpaired) electrons. The molecule has 0 unspecified atom stereocenters. The van der Waals surface area contributed by atoms with Crippen molar-refractivity contribution in [1.29, 1.82) is 0 Å². The molecule has 1 aliphatic rings. The van der Waals surface area contributed by atoms with Crippen LogP contribution in [0.25, 0.3) is 5.69 Å². The molecule has 1 fully saturated rings. The molecule has 0 spiro atoms. The van der Waals surface area contributed by atoms with Crippen molar-refractivity contribution in [3.63, 3.8) is 0 Å². The van der Waals surface area contributed by atoms with Crippen LogP contribution in [-0.4, -0.2) is 46.2 Å². The van der Waals surface area contributed by atoms with Gasteiger partial charge in [-0.05, 0) is 12.1 Å². The van der Waals surface area contributed by atoms with Crippen LogP contribution in [0.2, 0.25) is 0 Å². The van der Waals surface area contributed by atoms with Crippen LogP contribution in [0.3, 0.4) is 0 Å². The van der Waals surface area contributed by atoms with Crippen LogP contribution in [0.4, 0.5) is 10.4 Å². The smallest absolute Gasteiger partial charge is 0.324 e. The highest BCUT2D eigenvalue weighted by molar-refractivity contribution is 5.39. The van der Waals surface area contributed by atoms with Gasteiger partial charge in [-0.25, -0.2) is 9.07 Å². The quantitative estimate of drug-likeness (QED) is 0.625. The van der Waals surface area contributed by atoms with Gasteiger partial charge in [-0.15, -0.1) is 0 Å². The van der Waals surface area contributed by atoms with Crippen molar-refractivity contribution in [1.82, 2.24) is 19.9 Å². The summed E-state index contributed by atoms with van der Waals surface area (Å²) in [6, 6.07) is 5.21. The Morgan fingerprint density at radius 2 is 2.00 bits per heavy atom. The standard InChI is InChI=1S/C20H24FN5O3/c1-13(2)19-23-20(29-24-19)25-8-6-14(7-9-25)28-16-11-22-26(12-16)18-5-4-15(27-3)10-17(18)21/h4-5,10-14H,6-9H2,1-3H3. The Balaban J connectivity index is 1.35. The summed E-state index contributed by atoms with van der Waals surface area (Å²) in [4.78, 5) is 6.53. The van der Waals surface area contributed by atoms with E-state index in [0.717, 1.165) is 31.8 Å². The van der Waals surface area contributed by atoms with Gasteiger partial charge in [0.1, 0.15) is 17.5 Å². The van der Waals surface area contributed by atoms with Gasteiger partial charge in [-0.3, -0.25) is 0 Å². The van der Waals surface area contributed by atoms with Gasteiger partial charge in [0.25, 0.3) is 0 Å². The molecule has 3 aromatic rings. The highest BCUT2D eigenvalue weighted by Crippen LogP contribution is 2.25. The van der Waals surface area contributed by atoms with Crippen LogP contribution in [-0.2, 0) is 0 Å². The summed E-state index contributed by atoms with van der Waals surface area (Å²) in [5.74, 6) is 1.62. The van der Waals surface area contributed by atoms with Crippen molar-refractivity contribution in [3.8, 4) is 17.2 Å². The molecule has 0 N–H and O–H groups in total. The number of hydrogen-bond donors (Lipinski definition) is 0. The summed E-state index contributed by atoms with van der Waals surface area (Å²) in [6.45, 7) is 5.61. The lowest BCUT2D eigenvalue weighted by Crippen LogP contribution is -2.38. The number of ether oxygens (including phenoxy) is 2. The molecule has 154 valence electrons. The summed E-state index contributed by atoms with van der Waals surface area (Å²) in [7, 11) is 1.50. The van der Waals surface area contributed by atoms with E-state index in [4.69, 9.17) is 14.0 Å². The summed E-state index contributed by atoms with van der Waals surface area (Å²) < 4.78 is 32.1. The van der Waals surface area contributed by atoms with Crippen molar-refractivity contribution < 1.29 is 18.4 Å². The van der Waals surface area contributed by atoms with E-state index < -0.39 is 5.82 Å². The van der Waals surface area contributed by atoms with E-state index in [9.17, 15) is 4.39 Å². The van der Waals surface area contributed by atoms with Crippen LogP contribution < -0.4 is 14.4 Å². The Hall–Kier alpha value is -3.10. The molecular weight excluding hydrogens is 377 g/mol. The molecule has 1 aromatic carbocycles. The van der Waals surface area contributed by atoms with Crippen LogP contribution >= 0.6 is 0 Å². The first-order chi connectivity index (χ1) is 14.0. The van der Waals surface area contributed by atoms with Crippen LogP contribution in [0.15, 0.2) is 35.1 Å². The Kier molecular flexibility index (Phi) is 5.37. The molecule has 0 amide bonds. The van der Waals surface area contributed by atoms with Crippen LogP contribution in [0.1, 0.15) is 38.4 Å². The lowest BCUT2D eigenvalue weighted by molar-refractivity contribution is 0.168. The zero-order valence-corrected chi connectivity index (χ0v) is 16.7. The van der Waals surface area contributed by atoms with E-state index in [1.165, 1.54) is 17.9 Å². The van der Waals surface area contributed by atoms with Gasteiger partial charge in [0, 0.05) is 37.9 Å². The van der Waals surface area contributed by atoms with E-state index in [-0.39, 0.29) is 12.0 Å². The number of nitrogens with zero attached hydrogens (tertiary/aromatic N) is 5. The third kappa shape index (κ3) is 4.18. The van der Waals surface area contributed by atoms with Crippen molar-refractivity contribution in [2.24, 2.45) is 0 Å². The predicted octanol–water partition coefficient (Wildman–Crippen LogP) is 3.57. The fraction of sp³-hybridized carbons (Fsp3) is 0.450. The van der Waals surface area contributed by atoms with Crippen molar-refractivity contribution >= 4 is 6.01 Å². The molecule has 1 saturated heterocycles. The fourth-order valence-electron chi connectivity index (χ4n) is 3.25. The van der Waals surface area contributed by atoms with Gasteiger partial charge in [-0.1, -0.05) is 19.0 Å². The zero-order chi connectivity index (χ0) is 20.4. The first kappa shape index (κ1) is 19.2. The third-order valence-electron chi connectivity index (χ3n) is 4.92. The summed E-state index contributed by atoms with van der Waals surface area (Å²) in [5, 5.41) is 8.24. The zero-order valence-electron chi connectivity index (χ0n) is 16.7. The number of methoxy groups -OCH3 is 1. The maximum absolute atomic E-state index is 14.2. The second-order valence-corrected chi connectivity index (χ2v) is 7.33. The van der Waals surface area contributed by atoms with Crippen molar-refractivity contribution in [2.45, 2.75) is 38.7 Å². The molecule has 2 aromatic heterocycles. The SMILES string of the molecule is COc1ccc(-n2cc(OC3CCN(c4nc(C(C)C)no4)CC3)cn2)c(F)c1. The van der Waals surface area contributed by atoms with Gasteiger partial charge in [-0.2, -0.15) is 10.1 Å². The van der Waals surface area contributed by atoms with Gasteiger partial charge in [0.2, 0.25) is 0 Å². The molecular formula is C20H24FN5O3. The Morgan fingerprint density at radius 3 is 2.66 bits per heavy atom. The maximum atomic E-state index is 14.2. The second kappa shape index (κ2) is 8.10.